The van der Waals surface area contributed by atoms with Gasteiger partial charge in [0.15, 0.2) is 5.57 Å². The quantitative estimate of drug-likeness (QED) is 0.143. The summed E-state index contributed by atoms with van der Waals surface area (Å²) in [5, 5.41) is 13.3. The molecule has 28 heavy (non-hydrogen) atoms. The lowest BCUT2D eigenvalue weighted by Crippen LogP contribution is -2.25. The molecule has 1 aliphatic carbocycles. The first-order valence-electron chi connectivity index (χ1n) is 8.58. The van der Waals surface area contributed by atoms with Gasteiger partial charge in [-0.1, -0.05) is 0 Å². The molecule has 9 nitrogen and oxygen atoms in total. The third-order valence-corrected chi connectivity index (χ3v) is 5.32. The van der Waals surface area contributed by atoms with Gasteiger partial charge in [-0.2, -0.15) is 0 Å². The Labute approximate surface area is 165 Å². The second-order valence-corrected chi connectivity index (χ2v) is 6.90. The predicted octanol–water partition coefficient (Wildman–Crippen LogP) is 1.74. The standard InChI is InChI=1S/C18H21NO8S/c1-4-27-18(24)14(21)19-15-11(9-7-5-6-8-10(9)28-15)13(20)12(16(22)25-2)17(23)26-3/h20H,4-8H2,1-3H3,(H,19,21). The van der Waals surface area contributed by atoms with Gasteiger partial charge in [0.25, 0.3) is 0 Å². The Hall–Kier alpha value is -2.88. The fourth-order valence-electron chi connectivity index (χ4n) is 2.86. The molecule has 1 aromatic rings. The number of rotatable bonds is 5. The summed E-state index contributed by atoms with van der Waals surface area (Å²) in [7, 11) is 2.12. The van der Waals surface area contributed by atoms with Crippen molar-refractivity contribution in [2.45, 2.75) is 32.6 Å². The highest BCUT2D eigenvalue weighted by atomic mass is 32.1. The number of anilines is 1. The van der Waals surface area contributed by atoms with E-state index in [1.807, 2.05) is 0 Å². The monoisotopic (exact) mass is 411 g/mol. The molecule has 0 atom stereocenters. The molecule has 1 aliphatic rings. The van der Waals surface area contributed by atoms with Crippen LogP contribution in [0.4, 0.5) is 5.00 Å². The van der Waals surface area contributed by atoms with Crippen molar-refractivity contribution in [2.24, 2.45) is 0 Å². The third-order valence-electron chi connectivity index (χ3n) is 4.11. The van der Waals surface area contributed by atoms with Crippen LogP contribution in [0.5, 0.6) is 0 Å². The Kier molecular flexibility index (Phi) is 7.16. The first-order chi connectivity index (χ1) is 13.3. The fourth-order valence-corrected chi connectivity index (χ4v) is 4.15. The summed E-state index contributed by atoms with van der Waals surface area (Å²) in [6.07, 6.45) is 3.04. The van der Waals surface area contributed by atoms with Crippen LogP contribution in [-0.2, 0) is 46.2 Å². The fraction of sp³-hybridized carbons (Fsp3) is 0.444. The van der Waals surface area contributed by atoms with Gasteiger partial charge >= 0.3 is 23.8 Å². The molecule has 152 valence electrons. The second kappa shape index (κ2) is 9.36. The number of methoxy groups -OCH3 is 2. The smallest absolute Gasteiger partial charge is 0.397 e. The lowest BCUT2D eigenvalue weighted by Gasteiger charge is -2.14. The molecule has 2 N–H and O–H groups in total. The van der Waals surface area contributed by atoms with Gasteiger partial charge < -0.3 is 24.6 Å². The number of carbonyl (C=O) groups excluding carboxylic acids is 4. The molecule has 10 heteroatoms. The van der Waals surface area contributed by atoms with E-state index in [1.165, 1.54) is 11.3 Å². The summed E-state index contributed by atoms with van der Waals surface area (Å²) in [6, 6.07) is 0. The maximum atomic E-state index is 12.1. The molecule has 0 aliphatic heterocycles. The number of hydrogen-bond acceptors (Lipinski definition) is 9. The maximum Gasteiger partial charge on any atom is 0.397 e. The average Bonchev–Trinajstić information content (AvgIpc) is 3.05. The number of hydrogen-bond donors (Lipinski definition) is 2. The molecule has 0 spiro atoms. The molecule has 1 heterocycles. The predicted molar refractivity (Wildman–Crippen MR) is 99.8 cm³/mol. The number of ether oxygens (including phenoxy) is 3. The van der Waals surface area contributed by atoms with Gasteiger partial charge in [0.2, 0.25) is 0 Å². The summed E-state index contributed by atoms with van der Waals surface area (Å²) < 4.78 is 13.8. The molecule has 1 aromatic heterocycles. The van der Waals surface area contributed by atoms with Crippen molar-refractivity contribution < 1.29 is 38.5 Å². The van der Waals surface area contributed by atoms with Crippen molar-refractivity contribution in [3.63, 3.8) is 0 Å². The molecule has 1 amide bonds. The van der Waals surface area contributed by atoms with Crippen LogP contribution < -0.4 is 5.32 Å². The number of aryl methyl sites for hydroxylation is 1. The number of aliphatic hydroxyl groups excluding tert-OH is 1. The normalized spacial score (nSPS) is 12.4. The molecule has 0 aromatic carbocycles. The van der Waals surface area contributed by atoms with E-state index < -0.39 is 35.1 Å². The van der Waals surface area contributed by atoms with Crippen molar-refractivity contribution in [1.29, 1.82) is 0 Å². The summed E-state index contributed by atoms with van der Waals surface area (Å²) in [5.41, 5.74) is 0.129. The number of amides is 1. The van der Waals surface area contributed by atoms with Crippen molar-refractivity contribution in [2.75, 3.05) is 26.1 Å². The SMILES string of the molecule is CCOC(=O)C(=O)Nc1sc2c(c1C(O)=C(C(=O)OC)C(=O)OC)CCCC2. The number of nitrogens with one attached hydrogen (secondary N) is 1. The first-order valence-corrected chi connectivity index (χ1v) is 9.40. The molecule has 2 rings (SSSR count). The van der Waals surface area contributed by atoms with E-state index in [2.05, 4.69) is 19.5 Å². The van der Waals surface area contributed by atoms with Gasteiger partial charge in [-0.05, 0) is 38.2 Å². The average molecular weight is 411 g/mol. The minimum Gasteiger partial charge on any atom is -0.506 e. The molecule has 0 fully saturated rings. The molecule has 0 saturated carbocycles. The van der Waals surface area contributed by atoms with Gasteiger partial charge in [-0.25, -0.2) is 14.4 Å². The van der Waals surface area contributed by atoms with Crippen molar-refractivity contribution in [3.8, 4) is 0 Å². The van der Waals surface area contributed by atoms with E-state index in [4.69, 9.17) is 0 Å². The van der Waals surface area contributed by atoms with Crippen LogP contribution in [0.25, 0.3) is 5.76 Å². The zero-order valence-corrected chi connectivity index (χ0v) is 16.6. The van der Waals surface area contributed by atoms with Gasteiger partial charge in [-0.15, -0.1) is 11.3 Å². The molecule has 0 saturated heterocycles. The van der Waals surface area contributed by atoms with Crippen LogP contribution in [0, 0.1) is 0 Å². The zero-order valence-electron chi connectivity index (χ0n) is 15.7. The Morgan fingerprint density at radius 1 is 1.04 bits per heavy atom. The maximum absolute atomic E-state index is 12.1. The van der Waals surface area contributed by atoms with Crippen LogP contribution in [0.2, 0.25) is 0 Å². The van der Waals surface area contributed by atoms with Crippen LogP contribution in [-0.4, -0.2) is 49.7 Å². The summed E-state index contributed by atoms with van der Waals surface area (Å²) in [6.45, 7) is 1.59. The number of carbonyl (C=O) groups is 4. The molecule has 0 radical (unpaired) electrons. The minimum absolute atomic E-state index is 0.0278. The Morgan fingerprint density at radius 2 is 1.64 bits per heavy atom. The topological polar surface area (TPSA) is 128 Å². The zero-order chi connectivity index (χ0) is 20.8. The summed E-state index contributed by atoms with van der Waals surface area (Å²) in [5.74, 6) is -4.93. The number of aliphatic hydroxyl groups is 1. The van der Waals surface area contributed by atoms with Gasteiger partial charge in [-0.3, -0.25) is 4.79 Å². The molecule has 0 bridgehead atoms. The van der Waals surface area contributed by atoms with Crippen LogP contribution in [0.3, 0.4) is 0 Å². The Balaban J connectivity index is 2.60. The number of thiophene rings is 1. The van der Waals surface area contributed by atoms with Crippen LogP contribution in [0.15, 0.2) is 5.57 Å². The van der Waals surface area contributed by atoms with E-state index >= 15 is 0 Å². The van der Waals surface area contributed by atoms with Crippen LogP contribution in [0.1, 0.15) is 35.8 Å². The molecular weight excluding hydrogens is 390 g/mol. The van der Waals surface area contributed by atoms with Crippen molar-refractivity contribution in [3.05, 3.63) is 21.6 Å². The minimum atomic E-state index is -1.08. The molecule has 0 unspecified atom stereocenters. The third kappa shape index (κ3) is 4.33. The van der Waals surface area contributed by atoms with Crippen molar-refractivity contribution in [1.82, 2.24) is 0 Å². The van der Waals surface area contributed by atoms with E-state index in [0.717, 1.165) is 31.9 Å². The highest BCUT2D eigenvalue weighted by molar-refractivity contribution is 7.16. The number of esters is 3. The van der Waals surface area contributed by atoms with Crippen molar-refractivity contribution >= 4 is 45.9 Å². The second-order valence-electron chi connectivity index (χ2n) is 5.80. The Morgan fingerprint density at radius 3 is 2.21 bits per heavy atom. The molecular formula is C18H21NO8S. The lowest BCUT2D eigenvalue weighted by molar-refractivity contribution is -0.152. The van der Waals surface area contributed by atoms with E-state index in [0.29, 0.717) is 18.4 Å². The van der Waals surface area contributed by atoms with Gasteiger partial charge in [0, 0.05) is 4.88 Å². The van der Waals surface area contributed by atoms with Gasteiger partial charge in [0.05, 0.1) is 26.4 Å². The lowest BCUT2D eigenvalue weighted by atomic mass is 9.93. The summed E-state index contributed by atoms with van der Waals surface area (Å²) in [4.78, 5) is 48.7. The highest BCUT2D eigenvalue weighted by Gasteiger charge is 2.32. The van der Waals surface area contributed by atoms with E-state index in [-0.39, 0.29) is 17.2 Å². The van der Waals surface area contributed by atoms with Crippen LogP contribution >= 0.6 is 11.3 Å². The van der Waals surface area contributed by atoms with E-state index in [1.54, 1.807) is 6.92 Å². The Bertz CT molecular complexity index is 821. The first kappa shape index (κ1) is 21.4. The summed E-state index contributed by atoms with van der Waals surface area (Å²) >= 11 is 1.17. The highest BCUT2D eigenvalue weighted by Crippen LogP contribution is 2.42. The van der Waals surface area contributed by atoms with E-state index in [9.17, 15) is 24.3 Å². The largest absolute Gasteiger partial charge is 0.506 e. The van der Waals surface area contributed by atoms with Gasteiger partial charge in [0.1, 0.15) is 10.8 Å². The number of fused-ring (bicyclic) bond motifs is 1.